The number of rotatable bonds is 13. The molecule has 4 aromatic carbocycles. The summed E-state index contributed by atoms with van der Waals surface area (Å²) in [5.74, 6) is 0.580. The van der Waals surface area contributed by atoms with Crippen LogP contribution in [0.5, 0.6) is 0 Å². The van der Waals surface area contributed by atoms with E-state index in [1.165, 1.54) is 17.3 Å². The van der Waals surface area contributed by atoms with Crippen molar-refractivity contribution in [2.24, 2.45) is 0 Å². The van der Waals surface area contributed by atoms with Crippen LogP contribution in [0.2, 0.25) is 0 Å². The Morgan fingerprint density at radius 1 is 0.804 bits per heavy atom. The van der Waals surface area contributed by atoms with Crippen LogP contribution in [0.25, 0.3) is 34.4 Å². The predicted octanol–water partition coefficient (Wildman–Crippen LogP) is 7.24. The Morgan fingerprint density at radius 2 is 1.39 bits per heavy atom. The lowest BCUT2D eigenvalue weighted by Crippen LogP contribution is -2.43. The lowest BCUT2D eigenvalue weighted by molar-refractivity contribution is -0.141. The SMILES string of the molecule is C/C=c1/c(-c2ccc(-c3ccc(CSCC(NC(=O)Cc4ccccc4)C(=O)O)cc3)cc2)c(Cc2ccccc2)o/c1=C/CC. The largest absolute Gasteiger partial charge is 0.480 e. The van der Waals surface area contributed by atoms with Crippen LogP contribution in [0.15, 0.2) is 114 Å². The number of thioether (sulfide) groups is 1. The Morgan fingerprint density at radius 3 is 1.98 bits per heavy atom. The molecule has 6 heteroatoms. The third-order valence-electron chi connectivity index (χ3n) is 7.79. The van der Waals surface area contributed by atoms with Crippen LogP contribution in [-0.4, -0.2) is 28.8 Å². The third-order valence-corrected chi connectivity index (χ3v) is 8.89. The zero-order chi connectivity index (χ0) is 32.3. The number of aliphatic carboxylic acids is 1. The smallest absolute Gasteiger partial charge is 0.327 e. The molecule has 1 amide bonds. The van der Waals surface area contributed by atoms with Gasteiger partial charge in [0.05, 0.1) is 6.42 Å². The van der Waals surface area contributed by atoms with Gasteiger partial charge >= 0.3 is 5.97 Å². The molecule has 0 bridgehead atoms. The number of hydrogen-bond donors (Lipinski definition) is 2. The Labute approximate surface area is 274 Å². The molecule has 0 aliphatic heterocycles. The number of benzene rings is 4. The lowest BCUT2D eigenvalue weighted by atomic mass is 9.97. The molecule has 46 heavy (non-hydrogen) atoms. The average Bonchev–Trinajstić information content (AvgIpc) is 3.42. The third kappa shape index (κ3) is 8.46. The molecule has 0 saturated carbocycles. The van der Waals surface area contributed by atoms with Gasteiger partial charge in [-0.2, -0.15) is 11.8 Å². The Bertz CT molecular complexity index is 1860. The molecule has 0 spiro atoms. The molecule has 5 nitrogen and oxygen atoms in total. The monoisotopic (exact) mass is 629 g/mol. The zero-order valence-corrected chi connectivity index (χ0v) is 27.1. The summed E-state index contributed by atoms with van der Waals surface area (Å²) in [5.41, 5.74) is 8.57. The first kappa shape index (κ1) is 32.6. The van der Waals surface area contributed by atoms with Gasteiger partial charge in [-0.3, -0.25) is 4.79 Å². The fraction of sp³-hybridized carbons (Fsp3) is 0.200. The Balaban J connectivity index is 1.24. The van der Waals surface area contributed by atoms with Gasteiger partial charge in [0.25, 0.3) is 0 Å². The van der Waals surface area contributed by atoms with E-state index in [-0.39, 0.29) is 18.1 Å². The van der Waals surface area contributed by atoms with Crippen molar-refractivity contribution in [1.29, 1.82) is 0 Å². The minimum atomic E-state index is -1.03. The van der Waals surface area contributed by atoms with E-state index in [9.17, 15) is 14.7 Å². The van der Waals surface area contributed by atoms with Crippen LogP contribution in [0, 0.1) is 0 Å². The standard InChI is InChI=1S/C40H39NO4S/c1-3-11-36-34(4-2)39(37(45-36)24-28-12-7-5-8-13-28)33-22-20-32(21-23-33)31-18-16-30(17-19-31)26-46-27-35(40(43)44)41-38(42)25-29-14-9-6-10-15-29/h4-23,35H,3,24-27H2,1-2H3,(H,41,42)(H,43,44)/b34-4+,36-11+. The maximum Gasteiger partial charge on any atom is 0.327 e. The van der Waals surface area contributed by atoms with E-state index in [1.807, 2.05) is 36.4 Å². The molecule has 0 radical (unpaired) electrons. The quantitative estimate of drug-likeness (QED) is 0.144. The van der Waals surface area contributed by atoms with Crippen LogP contribution < -0.4 is 16.0 Å². The average molecular weight is 630 g/mol. The second-order valence-electron chi connectivity index (χ2n) is 11.2. The maximum atomic E-state index is 12.4. The van der Waals surface area contributed by atoms with Gasteiger partial charge in [0, 0.05) is 28.7 Å². The van der Waals surface area contributed by atoms with Gasteiger partial charge in [0.15, 0.2) is 0 Å². The summed E-state index contributed by atoms with van der Waals surface area (Å²) in [6.07, 6.45) is 6.06. The highest BCUT2D eigenvalue weighted by molar-refractivity contribution is 7.98. The number of furan rings is 1. The van der Waals surface area contributed by atoms with Crippen LogP contribution >= 0.6 is 11.8 Å². The van der Waals surface area contributed by atoms with Gasteiger partial charge in [0.1, 0.15) is 17.2 Å². The summed E-state index contributed by atoms with van der Waals surface area (Å²) >= 11 is 1.49. The fourth-order valence-corrected chi connectivity index (χ4v) is 6.48. The van der Waals surface area contributed by atoms with Gasteiger partial charge in [-0.05, 0) is 52.8 Å². The van der Waals surface area contributed by atoms with Gasteiger partial charge in [-0.1, -0.05) is 122 Å². The van der Waals surface area contributed by atoms with E-state index in [0.717, 1.165) is 62.6 Å². The molecule has 1 unspecified atom stereocenters. The first-order valence-corrected chi connectivity index (χ1v) is 16.8. The van der Waals surface area contributed by atoms with Crippen molar-refractivity contribution in [2.45, 2.75) is 44.9 Å². The number of hydrogen-bond acceptors (Lipinski definition) is 4. The normalized spacial score (nSPS) is 12.7. The molecule has 0 saturated heterocycles. The van der Waals surface area contributed by atoms with E-state index in [4.69, 9.17) is 4.42 Å². The van der Waals surface area contributed by atoms with E-state index in [2.05, 4.69) is 104 Å². The van der Waals surface area contributed by atoms with Crippen molar-refractivity contribution < 1.29 is 19.1 Å². The van der Waals surface area contributed by atoms with Crippen molar-refractivity contribution in [3.8, 4) is 22.3 Å². The number of carboxylic acid groups (broad SMARTS) is 1. The van der Waals surface area contributed by atoms with Crippen LogP contribution in [-0.2, 0) is 28.2 Å². The van der Waals surface area contributed by atoms with Crippen LogP contribution in [0.1, 0.15) is 42.7 Å². The predicted molar refractivity (Wildman–Crippen MR) is 189 cm³/mol. The van der Waals surface area contributed by atoms with E-state index >= 15 is 0 Å². The summed E-state index contributed by atoms with van der Waals surface area (Å²) in [7, 11) is 0. The van der Waals surface area contributed by atoms with E-state index < -0.39 is 12.0 Å². The zero-order valence-electron chi connectivity index (χ0n) is 26.2. The topological polar surface area (TPSA) is 79.5 Å². The minimum Gasteiger partial charge on any atom is -0.480 e. The molecule has 234 valence electrons. The van der Waals surface area contributed by atoms with E-state index in [1.54, 1.807) is 0 Å². The summed E-state index contributed by atoms with van der Waals surface area (Å²) in [6, 6.07) is 35.8. The molecular formula is C40H39NO4S. The number of carbonyl (C=O) groups is 2. The molecule has 1 aromatic heterocycles. The van der Waals surface area contributed by atoms with Crippen LogP contribution in [0.3, 0.4) is 0 Å². The Kier molecular flexibility index (Phi) is 11.3. The van der Waals surface area contributed by atoms with Crippen LogP contribution in [0.4, 0.5) is 0 Å². The summed E-state index contributed by atoms with van der Waals surface area (Å²) in [4.78, 5) is 24.2. The molecular weight excluding hydrogens is 591 g/mol. The van der Waals surface area contributed by atoms with Crippen molar-refractivity contribution in [3.63, 3.8) is 0 Å². The number of nitrogens with one attached hydrogen (secondary N) is 1. The summed E-state index contributed by atoms with van der Waals surface area (Å²) in [6.45, 7) is 4.18. The molecule has 1 heterocycles. The fourth-order valence-electron chi connectivity index (χ4n) is 5.48. The first-order chi connectivity index (χ1) is 22.4. The number of carbonyl (C=O) groups excluding carboxylic acids is 1. The highest BCUT2D eigenvalue weighted by atomic mass is 32.2. The van der Waals surface area contributed by atoms with Crippen molar-refractivity contribution in [1.82, 2.24) is 5.32 Å². The second kappa shape index (κ2) is 16.0. The lowest BCUT2D eigenvalue weighted by Gasteiger charge is -2.14. The highest BCUT2D eigenvalue weighted by Crippen LogP contribution is 2.27. The molecule has 0 aliphatic carbocycles. The van der Waals surface area contributed by atoms with Crippen molar-refractivity contribution >= 4 is 35.8 Å². The number of carboxylic acids is 1. The first-order valence-electron chi connectivity index (χ1n) is 15.6. The van der Waals surface area contributed by atoms with Crippen molar-refractivity contribution in [3.05, 3.63) is 142 Å². The maximum absolute atomic E-state index is 12.4. The van der Waals surface area contributed by atoms with Gasteiger partial charge in [0.2, 0.25) is 5.91 Å². The molecule has 2 N–H and O–H groups in total. The van der Waals surface area contributed by atoms with E-state index in [0.29, 0.717) is 5.75 Å². The highest BCUT2D eigenvalue weighted by Gasteiger charge is 2.20. The molecule has 5 aromatic rings. The molecule has 0 aliphatic rings. The number of amides is 1. The second-order valence-corrected chi connectivity index (χ2v) is 12.2. The van der Waals surface area contributed by atoms with Gasteiger partial charge in [-0.25, -0.2) is 4.79 Å². The minimum absolute atomic E-state index is 0.158. The van der Waals surface area contributed by atoms with Gasteiger partial charge < -0.3 is 14.8 Å². The van der Waals surface area contributed by atoms with Crippen molar-refractivity contribution in [2.75, 3.05) is 5.75 Å². The molecule has 0 fully saturated rings. The summed E-state index contributed by atoms with van der Waals surface area (Å²) < 4.78 is 6.42. The Hall–Kier alpha value is -4.81. The van der Waals surface area contributed by atoms with Gasteiger partial charge in [-0.15, -0.1) is 0 Å². The molecule has 1 atom stereocenters. The molecule has 5 rings (SSSR count). The summed E-state index contributed by atoms with van der Waals surface area (Å²) in [5, 5.41) is 13.4.